The monoisotopic (exact) mass is 230 g/mol. The number of hydrogen-bond donors (Lipinski definition) is 1. The summed E-state index contributed by atoms with van der Waals surface area (Å²) in [5, 5.41) is 10.3. The molecule has 1 aliphatic rings. The summed E-state index contributed by atoms with van der Waals surface area (Å²) in [5.74, 6) is 1.02. The predicted molar refractivity (Wildman–Crippen MR) is 67.9 cm³/mol. The Hall–Kier alpha value is -1.35. The van der Waals surface area contributed by atoms with Crippen molar-refractivity contribution in [3.05, 3.63) is 30.1 Å². The van der Waals surface area contributed by atoms with E-state index in [4.69, 9.17) is 0 Å². The second-order valence-electron chi connectivity index (χ2n) is 5.02. The Labute approximate surface area is 101 Å². The van der Waals surface area contributed by atoms with Crippen LogP contribution in [-0.4, -0.2) is 20.3 Å². The number of hydrogen-bond acceptors (Lipinski definition) is 2. The van der Waals surface area contributed by atoms with Gasteiger partial charge in [-0.25, -0.2) is 4.98 Å². The van der Waals surface area contributed by atoms with E-state index in [1.54, 1.807) is 0 Å². The van der Waals surface area contributed by atoms with E-state index >= 15 is 0 Å². The average molecular weight is 230 g/mol. The molecule has 0 aliphatic heterocycles. The number of aromatic nitrogens is 2. The molecule has 1 aromatic carbocycles. The molecular weight excluding hydrogens is 212 g/mol. The summed E-state index contributed by atoms with van der Waals surface area (Å²) in [6, 6.07) is 8.19. The van der Waals surface area contributed by atoms with E-state index in [1.807, 2.05) is 18.2 Å². The maximum Gasteiger partial charge on any atom is 0.112 e. The highest BCUT2D eigenvalue weighted by molar-refractivity contribution is 5.75. The molecule has 0 atom stereocenters. The Bertz CT molecular complexity index is 540. The van der Waals surface area contributed by atoms with Crippen LogP contribution in [0.2, 0.25) is 0 Å². The van der Waals surface area contributed by atoms with Gasteiger partial charge in [-0.3, -0.25) is 0 Å². The van der Waals surface area contributed by atoms with Gasteiger partial charge in [0.25, 0.3) is 0 Å². The minimum Gasteiger partial charge on any atom is -0.389 e. The molecule has 0 unspecified atom stereocenters. The van der Waals surface area contributed by atoms with Gasteiger partial charge in [0.05, 0.1) is 16.6 Å². The largest absolute Gasteiger partial charge is 0.389 e. The van der Waals surface area contributed by atoms with Crippen LogP contribution < -0.4 is 0 Å². The zero-order valence-corrected chi connectivity index (χ0v) is 10.2. The van der Waals surface area contributed by atoms with Crippen LogP contribution in [0.25, 0.3) is 11.0 Å². The van der Waals surface area contributed by atoms with Crippen molar-refractivity contribution in [1.29, 1.82) is 0 Å². The maximum atomic E-state index is 10.3. The minimum absolute atomic E-state index is 0.492. The third kappa shape index (κ3) is 1.75. The van der Waals surface area contributed by atoms with Crippen molar-refractivity contribution in [3.63, 3.8) is 0 Å². The lowest BCUT2D eigenvalue weighted by Gasteiger charge is -2.36. The fourth-order valence-corrected chi connectivity index (χ4v) is 2.67. The van der Waals surface area contributed by atoms with Gasteiger partial charge in [-0.15, -0.1) is 0 Å². The van der Waals surface area contributed by atoms with Gasteiger partial charge >= 0.3 is 0 Å². The summed E-state index contributed by atoms with van der Waals surface area (Å²) in [6.07, 6.45) is 3.66. The van der Waals surface area contributed by atoms with Crippen LogP contribution in [0.4, 0.5) is 0 Å². The number of nitrogens with zero attached hydrogens (tertiary/aromatic N) is 2. The molecule has 3 rings (SSSR count). The van der Waals surface area contributed by atoms with Gasteiger partial charge in [0, 0.05) is 13.0 Å². The molecule has 1 aromatic heterocycles. The van der Waals surface area contributed by atoms with E-state index in [9.17, 15) is 5.11 Å². The van der Waals surface area contributed by atoms with E-state index in [2.05, 4.69) is 22.5 Å². The number of rotatable bonds is 3. The highest BCUT2D eigenvalue weighted by Crippen LogP contribution is 2.35. The van der Waals surface area contributed by atoms with Gasteiger partial charge < -0.3 is 9.67 Å². The van der Waals surface area contributed by atoms with Gasteiger partial charge in [-0.2, -0.15) is 0 Å². The maximum absolute atomic E-state index is 10.3. The molecule has 1 N–H and O–H groups in total. The number of para-hydroxylation sites is 2. The molecule has 0 bridgehead atoms. The first-order valence-electron chi connectivity index (χ1n) is 6.38. The molecule has 0 saturated heterocycles. The van der Waals surface area contributed by atoms with E-state index in [0.29, 0.717) is 6.42 Å². The van der Waals surface area contributed by atoms with Gasteiger partial charge in [0.15, 0.2) is 0 Å². The van der Waals surface area contributed by atoms with Crippen molar-refractivity contribution in [3.8, 4) is 0 Å². The lowest BCUT2D eigenvalue weighted by Crippen LogP contribution is -2.39. The van der Waals surface area contributed by atoms with Crippen molar-refractivity contribution in [2.24, 2.45) is 0 Å². The standard InChI is InChI=1S/C14H18N2O/c1-2-16-12-7-4-3-6-11(12)15-13(16)10-14(17)8-5-9-14/h3-4,6-7,17H,2,5,8-10H2,1H3. The molecule has 0 spiro atoms. The van der Waals surface area contributed by atoms with E-state index in [1.165, 1.54) is 5.52 Å². The van der Waals surface area contributed by atoms with Crippen LogP contribution in [0.15, 0.2) is 24.3 Å². The quantitative estimate of drug-likeness (QED) is 0.879. The fraction of sp³-hybridized carbons (Fsp3) is 0.500. The molecule has 1 fully saturated rings. The van der Waals surface area contributed by atoms with Crippen LogP contribution in [0.5, 0.6) is 0 Å². The average Bonchev–Trinajstić information content (AvgIpc) is 2.64. The van der Waals surface area contributed by atoms with Gasteiger partial charge in [0.1, 0.15) is 5.82 Å². The van der Waals surface area contributed by atoms with E-state index < -0.39 is 5.60 Å². The first kappa shape index (κ1) is 10.8. The SMILES string of the molecule is CCn1c(CC2(O)CCC2)nc2ccccc21. The Morgan fingerprint density at radius 2 is 2.12 bits per heavy atom. The number of imidazole rings is 1. The molecular formula is C14H18N2O. The Kier molecular flexibility index (Phi) is 2.44. The van der Waals surface area contributed by atoms with Crippen LogP contribution in [0.1, 0.15) is 32.0 Å². The highest BCUT2D eigenvalue weighted by Gasteiger charge is 2.35. The first-order chi connectivity index (χ1) is 8.22. The van der Waals surface area contributed by atoms with Gasteiger partial charge in [-0.05, 0) is 38.3 Å². The number of aliphatic hydroxyl groups is 1. The third-order valence-electron chi connectivity index (χ3n) is 3.82. The summed E-state index contributed by atoms with van der Waals surface area (Å²) in [4.78, 5) is 4.65. The molecule has 1 saturated carbocycles. The first-order valence-corrected chi connectivity index (χ1v) is 6.38. The molecule has 3 heteroatoms. The van der Waals surface area contributed by atoms with Crippen molar-refractivity contribution in [1.82, 2.24) is 9.55 Å². The number of fused-ring (bicyclic) bond motifs is 1. The molecule has 3 nitrogen and oxygen atoms in total. The molecule has 0 amide bonds. The topological polar surface area (TPSA) is 38.0 Å². The third-order valence-corrected chi connectivity index (χ3v) is 3.82. The predicted octanol–water partition coefficient (Wildman–Crippen LogP) is 2.51. The minimum atomic E-state index is -0.492. The zero-order chi connectivity index (χ0) is 11.9. The van der Waals surface area contributed by atoms with Gasteiger partial charge in [-0.1, -0.05) is 12.1 Å². The van der Waals surface area contributed by atoms with Crippen molar-refractivity contribution in [2.45, 2.75) is 44.8 Å². The van der Waals surface area contributed by atoms with Gasteiger partial charge in [0.2, 0.25) is 0 Å². The van der Waals surface area contributed by atoms with E-state index in [-0.39, 0.29) is 0 Å². The molecule has 1 aliphatic carbocycles. The molecule has 17 heavy (non-hydrogen) atoms. The summed E-state index contributed by atoms with van der Waals surface area (Å²) in [5.41, 5.74) is 1.72. The molecule has 90 valence electrons. The van der Waals surface area contributed by atoms with Crippen LogP contribution in [0.3, 0.4) is 0 Å². The Balaban J connectivity index is 2.03. The fourth-order valence-electron chi connectivity index (χ4n) is 2.67. The van der Waals surface area contributed by atoms with Crippen molar-refractivity contribution >= 4 is 11.0 Å². The lowest BCUT2D eigenvalue weighted by atomic mass is 9.78. The number of benzene rings is 1. The van der Waals surface area contributed by atoms with E-state index in [0.717, 1.165) is 37.1 Å². The molecule has 0 radical (unpaired) electrons. The summed E-state index contributed by atoms with van der Waals surface area (Å²) in [7, 11) is 0. The molecule has 1 heterocycles. The van der Waals surface area contributed by atoms with Crippen molar-refractivity contribution < 1.29 is 5.11 Å². The zero-order valence-electron chi connectivity index (χ0n) is 10.2. The Morgan fingerprint density at radius 1 is 1.35 bits per heavy atom. The second-order valence-corrected chi connectivity index (χ2v) is 5.02. The second kappa shape index (κ2) is 3.84. The normalized spacial score (nSPS) is 18.2. The lowest BCUT2D eigenvalue weighted by molar-refractivity contribution is -0.0343. The van der Waals surface area contributed by atoms with Crippen LogP contribution in [-0.2, 0) is 13.0 Å². The molecule has 2 aromatic rings. The Morgan fingerprint density at radius 3 is 2.76 bits per heavy atom. The number of aryl methyl sites for hydroxylation is 1. The summed E-state index contributed by atoms with van der Waals surface area (Å²) < 4.78 is 2.21. The van der Waals surface area contributed by atoms with Crippen LogP contribution in [0, 0.1) is 0 Å². The smallest absolute Gasteiger partial charge is 0.112 e. The summed E-state index contributed by atoms with van der Waals surface area (Å²) >= 11 is 0. The van der Waals surface area contributed by atoms with Crippen molar-refractivity contribution in [2.75, 3.05) is 0 Å². The summed E-state index contributed by atoms with van der Waals surface area (Å²) in [6.45, 7) is 3.04. The van der Waals surface area contributed by atoms with Crippen LogP contribution >= 0.6 is 0 Å². The highest BCUT2D eigenvalue weighted by atomic mass is 16.3.